The topological polar surface area (TPSA) is 115 Å². The summed E-state index contributed by atoms with van der Waals surface area (Å²) in [5.74, 6) is -1.35. The SMILES string of the molecule is CNC(=O)[C@H]1CN(C(C)=O)CCN(C(=O)c2cc(C)[nH]c(=O)n2)C1. The van der Waals surface area contributed by atoms with Crippen molar-refractivity contribution < 1.29 is 14.4 Å². The maximum absolute atomic E-state index is 12.7. The highest BCUT2D eigenvalue weighted by molar-refractivity contribution is 5.93. The van der Waals surface area contributed by atoms with Crippen molar-refractivity contribution in [3.8, 4) is 0 Å². The van der Waals surface area contributed by atoms with Gasteiger partial charge in [-0.1, -0.05) is 0 Å². The van der Waals surface area contributed by atoms with Gasteiger partial charge in [-0.15, -0.1) is 0 Å². The summed E-state index contributed by atoms with van der Waals surface area (Å²) in [4.78, 5) is 57.0. The molecule has 1 saturated heterocycles. The summed E-state index contributed by atoms with van der Waals surface area (Å²) in [7, 11) is 1.51. The van der Waals surface area contributed by atoms with Gasteiger partial charge in [0.05, 0.1) is 5.92 Å². The van der Waals surface area contributed by atoms with Crippen LogP contribution >= 0.6 is 0 Å². The zero-order valence-corrected chi connectivity index (χ0v) is 14.0. The van der Waals surface area contributed by atoms with E-state index in [0.29, 0.717) is 12.2 Å². The highest BCUT2D eigenvalue weighted by Gasteiger charge is 2.31. The van der Waals surface area contributed by atoms with Crippen LogP contribution in [0.2, 0.25) is 0 Å². The molecule has 1 fully saturated rings. The lowest BCUT2D eigenvalue weighted by atomic mass is 10.1. The molecule has 0 aliphatic carbocycles. The second kappa shape index (κ2) is 7.24. The lowest BCUT2D eigenvalue weighted by molar-refractivity contribution is -0.130. The number of carbonyl (C=O) groups is 3. The molecule has 1 aromatic rings. The van der Waals surface area contributed by atoms with Crippen molar-refractivity contribution in [1.29, 1.82) is 0 Å². The summed E-state index contributed by atoms with van der Waals surface area (Å²) in [5.41, 5.74) is -0.0362. The molecule has 9 nitrogen and oxygen atoms in total. The van der Waals surface area contributed by atoms with E-state index in [1.54, 1.807) is 11.8 Å². The third-order valence-corrected chi connectivity index (χ3v) is 3.97. The van der Waals surface area contributed by atoms with E-state index in [-0.39, 0.29) is 37.1 Å². The molecule has 2 N–H and O–H groups in total. The van der Waals surface area contributed by atoms with Gasteiger partial charge in [-0.2, -0.15) is 4.98 Å². The van der Waals surface area contributed by atoms with E-state index >= 15 is 0 Å². The minimum atomic E-state index is -0.596. The standard InChI is InChI=1S/C15H21N5O4/c1-9-6-12(18-15(24)17-9)14(23)20-5-4-19(10(2)21)7-11(8-20)13(22)16-3/h6,11H,4-5,7-8H2,1-3H3,(H,16,22)(H,17,18,24)/t11-/m0/s1. The minimum absolute atomic E-state index is 0.0307. The first kappa shape index (κ1) is 17.6. The molecular weight excluding hydrogens is 314 g/mol. The number of aromatic nitrogens is 2. The van der Waals surface area contributed by atoms with E-state index in [2.05, 4.69) is 15.3 Å². The Kier molecular flexibility index (Phi) is 5.32. The molecule has 1 aromatic heterocycles. The van der Waals surface area contributed by atoms with E-state index in [9.17, 15) is 19.2 Å². The molecule has 0 saturated carbocycles. The molecule has 1 aliphatic rings. The molecule has 2 heterocycles. The van der Waals surface area contributed by atoms with Crippen LogP contribution in [0.25, 0.3) is 0 Å². The third kappa shape index (κ3) is 3.98. The van der Waals surface area contributed by atoms with E-state index in [0.717, 1.165) is 0 Å². The molecule has 0 aromatic carbocycles. The number of aromatic amines is 1. The van der Waals surface area contributed by atoms with E-state index in [1.807, 2.05) is 0 Å². The first-order chi connectivity index (χ1) is 11.3. The van der Waals surface area contributed by atoms with Crippen LogP contribution in [0.1, 0.15) is 23.1 Å². The molecule has 130 valence electrons. The van der Waals surface area contributed by atoms with Crippen molar-refractivity contribution in [2.24, 2.45) is 5.92 Å². The number of amides is 3. The largest absolute Gasteiger partial charge is 0.359 e. The summed E-state index contributed by atoms with van der Waals surface area (Å²) >= 11 is 0. The van der Waals surface area contributed by atoms with Crippen LogP contribution in [-0.2, 0) is 9.59 Å². The monoisotopic (exact) mass is 335 g/mol. The molecule has 2 rings (SSSR count). The van der Waals surface area contributed by atoms with Crippen LogP contribution in [0.5, 0.6) is 0 Å². The van der Waals surface area contributed by atoms with Crippen LogP contribution in [0, 0.1) is 12.8 Å². The summed E-state index contributed by atoms with van der Waals surface area (Å²) in [6.07, 6.45) is 0. The fraction of sp³-hybridized carbons (Fsp3) is 0.533. The van der Waals surface area contributed by atoms with Gasteiger partial charge < -0.3 is 20.1 Å². The van der Waals surface area contributed by atoms with Crippen molar-refractivity contribution in [3.63, 3.8) is 0 Å². The second-order valence-electron chi connectivity index (χ2n) is 5.78. The van der Waals surface area contributed by atoms with Gasteiger partial charge in [0.25, 0.3) is 5.91 Å². The van der Waals surface area contributed by atoms with Crippen molar-refractivity contribution in [2.45, 2.75) is 13.8 Å². The lowest BCUT2D eigenvalue weighted by Crippen LogP contribution is -2.42. The zero-order chi connectivity index (χ0) is 17.9. The first-order valence-electron chi connectivity index (χ1n) is 7.66. The minimum Gasteiger partial charge on any atom is -0.359 e. The highest BCUT2D eigenvalue weighted by atomic mass is 16.2. The van der Waals surface area contributed by atoms with Crippen molar-refractivity contribution in [1.82, 2.24) is 25.1 Å². The van der Waals surface area contributed by atoms with E-state index in [4.69, 9.17) is 0 Å². The molecular formula is C15H21N5O4. The van der Waals surface area contributed by atoms with Crippen molar-refractivity contribution in [2.75, 3.05) is 33.2 Å². The number of aryl methyl sites for hydroxylation is 1. The number of hydrogen-bond donors (Lipinski definition) is 2. The second-order valence-corrected chi connectivity index (χ2v) is 5.78. The lowest BCUT2D eigenvalue weighted by Gasteiger charge is -2.22. The van der Waals surface area contributed by atoms with Gasteiger partial charge in [0, 0.05) is 45.8 Å². The Morgan fingerprint density at radius 2 is 1.88 bits per heavy atom. The number of H-pyrrole nitrogens is 1. The van der Waals surface area contributed by atoms with Crippen molar-refractivity contribution >= 4 is 17.7 Å². The Morgan fingerprint density at radius 1 is 1.25 bits per heavy atom. The van der Waals surface area contributed by atoms with Crippen molar-refractivity contribution in [3.05, 3.63) is 27.9 Å². The van der Waals surface area contributed by atoms with Crippen LogP contribution in [0.15, 0.2) is 10.9 Å². The Hall–Kier alpha value is -2.71. The fourth-order valence-electron chi connectivity index (χ4n) is 2.71. The average molecular weight is 335 g/mol. The van der Waals surface area contributed by atoms with Crippen LogP contribution in [0.4, 0.5) is 0 Å². The molecule has 9 heteroatoms. The van der Waals surface area contributed by atoms with Crippen LogP contribution < -0.4 is 11.0 Å². The average Bonchev–Trinajstić information content (AvgIpc) is 2.75. The third-order valence-electron chi connectivity index (χ3n) is 3.97. The summed E-state index contributed by atoms with van der Waals surface area (Å²) < 4.78 is 0. The number of nitrogens with one attached hydrogen (secondary N) is 2. The Labute approximate surface area is 139 Å². The van der Waals surface area contributed by atoms with Gasteiger partial charge in [0.2, 0.25) is 11.8 Å². The fourth-order valence-corrected chi connectivity index (χ4v) is 2.71. The maximum Gasteiger partial charge on any atom is 0.345 e. The quantitative estimate of drug-likeness (QED) is 0.700. The van der Waals surface area contributed by atoms with Gasteiger partial charge >= 0.3 is 5.69 Å². The maximum atomic E-state index is 12.7. The van der Waals surface area contributed by atoms with Gasteiger partial charge in [0.1, 0.15) is 5.69 Å². The molecule has 0 unspecified atom stereocenters. The van der Waals surface area contributed by atoms with Gasteiger partial charge in [-0.3, -0.25) is 14.4 Å². The predicted molar refractivity (Wildman–Crippen MR) is 85.3 cm³/mol. The predicted octanol–water partition coefficient (Wildman–Crippen LogP) is -1.26. The number of rotatable bonds is 2. The zero-order valence-electron chi connectivity index (χ0n) is 14.0. The Morgan fingerprint density at radius 3 is 2.46 bits per heavy atom. The number of hydrogen-bond acceptors (Lipinski definition) is 5. The summed E-state index contributed by atoms with van der Waals surface area (Å²) in [6.45, 7) is 4.11. The smallest absolute Gasteiger partial charge is 0.345 e. The van der Waals surface area contributed by atoms with E-state index < -0.39 is 17.5 Å². The molecule has 0 radical (unpaired) electrons. The Bertz CT molecular complexity index is 714. The summed E-state index contributed by atoms with van der Waals surface area (Å²) in [5, 5.41) is 2.55. The molecule has 1 aliphatic heterocycles. The van der Waals surface area contributed by atoms with Gasteiger partial charge in [0.15, 0.2) is 0 Å². The van der Waals surface area contributed by atoms with Gasteiger partial charge in [-0.25, -0.2) is 4.79 Å². The van der Waals surface area contributed by atoms with Gasteiger partial charge in [-0.05, 0) is 13.0 Å². The highest BCUT2D eigenvalue weighted by Crippen LogP contribution is 2.13. The molecule has 0 bridgehead atoms. The molecule has 0 spiro atoms. The number of nitrogens with zero attached hydrogens (tertiary/aromatic N) is 3. The number of carbonyl (C=O) groups excluding carboxylic acids is 3. The van der Waals surface area contributed by atoms with E-state index in [1.165, 1.54) is 24.9 Å². The summed E-state index contributed by atoms with van der Waals surface area (Å²) in [6, 6.07) is 1.49. The first-order valence-corrected chi connectivity index (χ1v) is 7.66. The van der Waals surface area contributed by atoms with Crippen LogP contribution in [0.3, 0.4) is 0 Å². The van der Waals surface area contributed by atoms with Crippen LogP contribution in [-0.4, -0.2) is 70.7 Å². The molecule has 3 amide bonds. The molecule has 1 atom stereocenters. The Balaban J connectivity index is 2.27. The normalized spacial score (nSPS) is 18.0. The molecule has 24 heavy (non-hydrogen) atoms.